The van der Waals surface area contributed by atoms with E-state index in [4.69, 9.17) is 0 Å². The van der Waals surface area contributed by atoms with E-state index < -0.39 is 0 Å². The van der Waals surface area contributed by atoms with Gasteiger partial charge in [0.25, 0.3) is 6.71 Å². The van der Waals surface area contributed by atoms with E-state index in [0.29, 0.717) is 5.92 Å². The van der Waals surface area contributed by atoms with Crippen molar-refractivity contribution in [2.24, 2.45) is 0 Å². The van der Waals surface area contributed by atoms with Gasteiger partial charge in [-0.05, 0) is 135 Å². The third-order valence-electron chi connectivity index (χ3n) is 12.4. The van der Waals surface area contributed by atoms with E-state index in [2.05, 4.69) is 181 Å². The molecule has 2 aliphatic heterocycles. The maximum atomic E-state index is 2.60. The van der Waals surface area contributed by atoms with Gasteiger partial charge in [-0.1, -0.05) is 134 Å². The van der Waals surface area contributed by atoms with Gasteiger partial charge in [0.05, 0.1) is 0 Å². The Morgan fingerprint density at radius 3 is 1.72 bits per heavy atom. The Hall–Kier alpha value is -6.06. The summed E-state index contributed by atoms with van der Waals surface area (Å²) in [5.41, 5.74) is 17.0. The van der Waals surface area contributed by atoms with Crippen LogP contribution in [-0.2, 0) is 0 Å². The standard InChI is InChI=1S/C51H41BN2/c1-34-25-28-46-45(29-34)52-44-27-26-38(50-42-23-13-11-17-36(42)30-37-18-12-14-24-43(37)50)31-47(44)54(41-21-9-4-10-22-41)49-33-39(35-15-5-2-6-16-35)32-48(51(49)52)53(46)40-19-7-3-8-20-40/h3-4,7-14,17-33,35H,2,5-6,15-16H2,1H3. The van der Waals surface area contributed by atoms with E-state index in [1.165, 1.54) is 126 Å². The quantitative estimate of drug-likeness (QED) is 0.134. The van der Waals surface area contributed by atoms with Gasteiger partial charge in [0.15, 0.2) is 0 Å². The molecule has 0 saturated heterocycles. The van der Waals surface area contributed by atoms with Crippen molar-refractivity contribution >= 4 is 78.8 Å². The van der Waals surface area contributed by atoms with Crippen molar-refractivity contribution < 1.29 is 0 Å². The van der Waals surface area contributed by atoms with Crippen LogP contribution in [0.5, 0.6) is 0 Å². The minimum Gasteiger partial charge on any atom is -0.311 e. The van der Waals surface area contributed by atoms with E-state index in [1.807, 2.05) is 0 Å². The Morgan fingerprint density at radius 1 is 0.481 bits per heavy atom. The Morgan fingerprint density at radius 2 is 1.07 bits per heavy atom. The minimum absolute atomic E-state index is 0.0959. The fraction of sp³-hybridized carbons (Fsp3) is 0.137. The van der Waals surface area contributed by atoms with Gasteiger partial charge >= 0.3 is 0 Å². The molecule has 3 aliphatic rings. The van der Waals surface area contributed by atoms with Crippen molar-refractivity contribution in [2.75, 3.05) is 9.80 Å². The Bertz CT molecular complexity index is 2680. The van der Waals surface area contributed by atoms with Crippen LogP contribution in [0.2, 0.25) is 0 Å². The summed E-state index contributed by atoms with van der Waals surface area (Å²) in [6, 6.07) is 61.9. The molecule has 54 heavy (non-hydrogen) atoms. The summed E-state index contributed by atoms with van der Waals surface area (Å²) in [5, 5.41) is 5.12. The summed E-state index contributed by atoms with van der Waals surface area (Å²) in [4.78, 5) is 5.15. The van der Waals surface area contributed by atoms with E-state index in [1.54, 1.807) is 0 Å². The average Bonchev–Trinajstić information content (AvgIpc) is 3.23. The van der Waals surface area contributed by atoms with Crippen LogP contribution in [0, 0.1) is 6.92 Å². The molecule has 0 atom stereocenters. The molecule has 0 aromatic heterocycles. The van der Waals surface area contributed by atoms with E-state index >= 15 is 0 Å². The maximum absolute atomic E-state index is 2.60. The molecule has 1 aliphatic carbocycles. The van der Waals surface area contributed by atoms with Crippen molar-refractivity contribution in [1.82, 2.24) is 0 Å². The summed E-state index contributed by atoms with van der Waals surface area (Å²) in [6.07, 6.45) is 6.45. The number of fused-ring (bicyclic) bond motifs is 6. The predicted molar refractivity (Wildman–Crippen MR) is 231 cm³/mol. The van der Waals surface area contributed by atoms with Crippen molar-refractivity contribution in [1.29, 1.82) is 0 Å². The first kappa shape index (κ1) is 31.5. The molecule has 8 aromatic rings. The van der Waals surface area contributed by atoms with Crippen LogP contribution in [0.1, 0.15) is 49.1 Å². The van der Waals surface area contributed by atoms with Gasteiger partial charge < -0.3 is 9.80 Å². The first-order valence-corrected chi connectivity index (χ1v) is 19.7. The summed E-state index contributed by atoms with van der Waals surface area (Å²) in [6.45, 7) is 2.34. The molecule has 1 fully saturated rings. The normalized spacial score (nSPS) is 14.9. The van der Waals surface area contributed by atoms with Crippen molar-refractivity contribution in [3.05, 3.63) is 175 Å². The molecule has 0 bridgehead atoms. The van der Waals surface area contributed by atoms with E-state index in [0.717, 1.165) is 0 Å². The lowest BCUT2D eigenvalue weighted by atomic mass is 9.33. The maximum Gasteiger partial charge on any atom is 0.252 e. The van der Waals surface area contributed by atoms with Gasteiger partial charge in [-0.25, -0.2) is 0 Å². The third-order valence-corrected chi connectivity index (χ3v) is 12.4. The number of hydrogen-bond donors (Lipinski definition) is 0. The molecule has 2 nitrogen and oxygen atoms in total. The minimum atomic E-state index is 0.0959. The lowest BCUT2D eigenvalue weighted by Crippen LogP contribution is -2.61. The molecule has 0 amide bonds. The largest absolute Gasteiger partial charge is 0.311 e. The SMILES string of the molecule is Cc1ccc2c(c1)B1c3ccc(-c4c5ccccc5cc5ccccc45)cc3N(c3ccccc3)c3cc(C4CCCCC4)cc(c31)N2c1ccccc1. The van der Waals surface area contributed by atoms with Gasteiger partial charge in [0.2, 0.25) is 0 Å². The lowest BCUT2D eigenvalue weighted by Gasteiger charge is -2.45. The van der Waals surface area contributed by atoms with Crippen molar-refractivity contribution in [3.63, 3.8) is 0 Å². The number of rotatable bonds is 4. The average molecular weight is 693 g/mol. The second kappa shape index (κ2) is 12.5. The number of nitrogens with zero attached hydrogens (tertiary/aromatic N) is 2. The molecule has 1 saturated carbocycles. The van der Waals surface area contributed by atoms with Crippen LogP contribution in [0.25, 0.3) is 32.7 Å². The van der Waals surface area contributed by atoms with Crippen LogP contribution < -0.4 is 26.2 Å². The number of aryl methyl sites for hydroxylation is 1. The smallest absolute Gasteiger partial charge is 0.252 e. The number of para-hydroxylation sites is 2. The molecular formula is C51H41BN2. The van der Waals surface area contributed by atoms with Gasteiger partial charge in [0, 0.05) is 34.1 Å². The Labute approximate surface area is 318 Å². The molecule has 0 spiro atoms. The second-order valence-corrected chi connectivity index (χ2v) is 15.6. The highest BCUT2D eigenvalue weighted by molar-refractivity contribution is 7.00. The molecule has 258 valence electrons. The van der Waals surface area contributed by atoms with Crippen LogP contribution in [0.15, 0.2) is 164 Å². The summed E-state index contributed by atoms with van der Waals surface area (Å²) in [7, 11) is 0. The molecule has 0 unspecified atom stereocenters. The van der Waals surface area contributed by atoms with Crippen LogP contribution in [-0.4, -0.2) is 6.71 Å². The zero-order valence-electron chi connectivity index (χ0n) is 30.7. The predicted octanol–water partition coefficient (Wildman–Crippen LogP) is 12.1. The molecule has 0 radical (unpaired) electrons. The third kappa shape index (κ3) is 4.88. The molecule has 3 heteroatoms. The molecule has 11 rings (SSSR count). The Kier molecular flexibility index (Phi) is 7.30. The van der Waals surface area contributed by atoms with Crippen LogP contribution >= 0.6 is 0 Å². The van der Waals surface area contributed by atoms with E-state index in [-0.39, 0.29) is 6.71 Å². The first-order valence-electron chi connectivity index (χ1n) is 19.7. The van der Waals surface area contributed by atoms with Gasteiger partial charge in [-0.3, -0.25) is 0 Å². The number of hydrogen-bond acceptors (Lipinski definition) is 2. The summed E-state index contributed by atoms with van der Waals surface area (Å²) >= 11 is 0. The topological polar surface area (TPSA) is 6.48 Å². The highest BCUT2D eigenvalue weighted by Crippen LogP contribution is 2.48. The van der Waals surface area contributed by atoms with Crippen molar-refractivity contribution in [3.8, 4) is 11.1 Å². The summed E-state index contributed by atoms with van der Waals surface area (Å²) in [5.74, 6) is 0.559. The molecule has 0 N–H and O–H groups in total. The number of anilines is 6. The molecule has 8 aromatic carbocycles. The zero-order chi connectivity index (χ0) is 35.8. The first-order chi connectivity index (χ1) is 26.7. The monoisotopic (exact) mass is 692 g/mol. The van der Waals surface area contributed by atoms with Gasteiger partial charge in [-0.2, -0.15) is 0 Å². The number of benzene rings is 8. The highest BCUT2D eigenvalue weighted by atomic mass is 15.2. The Balaban J connectivity index is 1.24. The lowest BCUT2D eigenvalue weighted by molar-refractivity contribution is 0.444. The van der Waals surface area contributed by atoms with Crippen LogP contribution in [0.3, 0.4) is 0 Å². The van der Waals surface area contributed by atoms with Crippen LogP contribution in [0.4, 0.5) is 34.1 Å². The van der Waals surface area contributed by atoms with Gasteiger partial charge in [-0.15, -0.1) is 0 Å². The fourth-order valence-corrected chi connectivity index (χ4v) is 10.0. The fourth-order valence-electron chi connectivity index (χ4n) is 10.0. The molecular weight excluding hydrogens is 651 g/mol. The van der Waals surface area contributed by atoms with Gasteiger partial charge in [0.1, 0.15) is 0 Å². The summed E-state index contributed by atoms with van der Waals surface area (Å²) < 4.78 is 0. The second-order valence-electron chi connectivity index (χ2n) is 15.6. The molecule has 2 heterocycles. The van der Waals surface area contributed by atoms with E-state index in [9.17, 15) is 0 Å². The van der Waals surface area contributed by atoms with Crippen molar-refractivity contribution in [2.45, 2.75) is 44.9 Å². The highest BCUT2D eigenvalue weighted by Gasteiger charge is 2.44. The zero-order valence-corrected chi connectivity index (χ0v) is 30.7.